The lowest BCUT2D eigenvalue weighted by Gasteiger charge is -2.30. The second-order valence-electron chi connectivity index (χ2n) is 6.34. The van der Waals surface area contributed by atoms with Crippen molar-refractivity contribution in [3.63, 3.8) is 0 Å². The summed E-state index contributed by atoms with van der Waals surface area (Å²) in [6, 6.07) is 10.3. The zero-order chi connectivity index (χ0) is 19.1. The Morgan fingerprint density at radius 1 is 1.08 bits per heavy atom. The van der Waals surface area contributed by atoms with Crippen molar-refractivity contribution < 1.29 is 9.59 Å². The first-order valence-electron chi connectivity index (χ1n) is 7.72. The molecule has 26 heavy (non-hydrogen) atoms. The summed E-state index contributed by atoms with van der Waals surface area (Å²) in [5.41, 5.74) is 1.41. The predicted octanol–water partition coefficient (Wildman–Crippen LogP) is 4.35. The van der Waals surface area contributed by atoms with Gasteiger partial charge in [0.1, 0.15) is 0 Å². The van der Waals surface area contributed by atoms with Gasteiger partial charge in [-0.15, -0.1) is 0 Å². The molecule has 2 aromatic carbocycles. The van der Waals surface area contributed by atoms with Gasteiger partial charge in [0.05, 0.1) is 21.1 Å². The second-order valence-corrected chi connectivity index (χ2v) is 7.57. The molecule has 2 aromatic rings. The third-order valence-corrected chi connectivity index (χ3v) is 5.03. The number of carbonyl (C=O) groups is 2. The van der Waals surface area contributed by atoms with Crippen molar-refractivity contribution in [1.82, 2.24) is 5.32 Å². The molecule has 0 saturated heterocycles. The summed E-state index contributed by atoms with van der Waals surface area (Å²) in [6.45, 7) is 3.54. The molecule has 8 heteroatoms. The first-order chi connectivity index (χ1) is 12.2. The van der Waals surface area contributed by atoms with Gasteiger partial charge in [-0.05, 0) is 55.9 Å². The van der Waals surface area contributed by atoms with E-state index in [-0.39, 0.29) is 11.0 Å². The number of thiocarbonyl (C=S) groups is 1. The van der Waals surface area contributed by atoms with E-state index >= 15 is 0 Å². The van der Waals surface area contributed by atoms with Crippen molar-refractivity contribution in [2.45, 2.75) is 19.3 Å². The maximum atomic E-state index is 12.2. The third kappa shape index (κ3) is 3.40. The first-order valence-corrected chi connectivity index (χ1v) is 8.89. The topological polar surface area (TPSA) is 70.2 Å². The van der Waals surface area contributed by atoms with Crippen LogP contribution in [0.2, 0.25) is 10.0 Å². The van der Waals surface area contributed by atoms with Gasteiger partial charge in [0.25, 0.3) is 5.91 Å². The molecule has 0 aromatic heterocycles. The summed E-state index contributed by atoms with van der Waals surface area (Å²) in [7, 11) is 0. The average Bonchev–Trinajstić information content (AvgIpc) is 2.57. The van der Waals surface area contributed by atoms with E-state index in [4.69, 9.17) is 35.4 Å². The number of para-hydroxylation sites is 1. The highest BCUT2D eigenvalue weighted by atomic mass is 35.5. The van der Waals surface area contributed by atoms with Crippen LogP contribution < -0.4 is 16.0 Å². The van der Waals surface area contributed by atoms with Gasteiger partial charge >= 0.3 is 0 Å². The van der Waals surface area contributed by atoms with Crippen molar-refractivity contribution in [3.05, 3.63) is 57.6 Å². The summed E-state index contributed by atoms with van der Waals surface area (Å²) >= 11 is 17.5. The number of rotatable bonds is 2. The fourth-order valence-corrected chi connectivity index (χ4v) is 3.41. The minimum atomic E-state index is -0.786. The lowest BCUT2D eigenvalue weighted by atomic mass is 9.78. The standard InChI is InChI=1S/C18H15Cl2N3O2S/c1-18(2)11-7-6-9(8-10(11)15(24)23-16(18)25)21-17(26)22-14-12(19)4-3-5-13(14)20/h3-8H,1-2H3,(H2,21,22,26)(H,23,24,25). The molecule has 2 amide bonds. The number of hydrogen-bond donors (Lipinski definition) is 3. The molecule has 3 N–H and O–H groups in total. The highest BCUT2D eigenvalue weighted by Gasteiger charge is 2.39. The Hall–Kier alpha value is -2.15. The van der Waals surface area contributed by atoms with Crippen LogP contribution in [-0.4, -0.2) is 16.9 Å². The van der Waals surface area contributed by atoms with E-state index < -0.39 is 11.3 Å². The molecule has 0 fully saturated rings. The van der Waals surface area contributed by atoms with E-state index in [0.717, 1.165) is 0 Å². The van der Waals surface area contributed by atoms with E-state index in [1.807, 2.05) is 0 Å². The maximum absolute atomic E-state index is 12.2. The molecule has 0 saturated carbocycles. The van der Waals surface area contributed by atoms with E-state index in [0.29, 0.717) is 32.5 Å². The van der Waals surface area contributed by atoms with Crippen molar-refractivity contribution >= 4 is 63.7 Å². The zero-order valence-corrected chi connectivity index (χ0v) is 16.3. The van der Waals surface area contributed by atoms with Crippen LogP contribution in [0.25, 0.3) is 0 Å². The van der Waals surface area contributed by atoms with Gasteiger partial charge in [-0.2, -0.15) is 0 Å². The number of nitrogens with one attached hydrogen (secondary N) is 3. The molecule has 134 valence electrons. The van der Waals surface area contributed by atoms with Gasteiger partial charge < -0.3 is 10.6 Å². The Balaban J connectivity index is 1.84. The van der Waals surface area contributed by atoms with E-state index in [1.54, 1.807) is 50.2 Å². The lowest BCUT2D eigenvalue weighted by Crippen LogP contribution is -2.48. The highest BCUT2D eigenvalue weighted by Crippen LogP contribution is 2.33. The van der Waals surface area contributed by atoms with Crippen LogP contribution in [0.5, 0.6) is 0 Å². The molecule has 1 heterocycles. The highest BCUT2D eigenvalue weighted by molar-refractivity contribution is 7.80. The molecular weight excluding hydrogens is 393 g/mol. The molecule has 0 radical (unpaired) electrons. The molecule has 1 aliphatic rings. The average molecular weight is 408 g/mol. The van der Waals surface area contributed by atoms with Crippen molar-refractivity contribution in [2.75, 3.05) is 10.6 Å². The number of anilines is 2. The third-order valence-electron chi connectivity index (χ3n) is 4.19. The molecule has 3 rings (SSSR count). The van der Waals surface area contributed by atoms with Gasteiger partial charge in [0, 0.05) is 11.3 Å². The Morgan fingerprint density at radius 3 is 2.38 bits per heavy atom. The van der Waals surface area contributed by atoms with Crippen LogP contribution in [-0.2, 0) is 10.2 Å². The minimum Gasteiger partial charge on any atom is -0.332 e. The van der Waals surface area contributed by atoms with E-state index in [9.17, 15) is 9.59 Å². The van der Waals surface area contributed by atoms with Gasteiger partial charge in [0.2, 0.25) is 5.91 Å². The van der Waals surface area contributed by atoms with Gasteiger partial charge in [0.15, 0.2) is 5.11 Å². The van der Waals surface area contributed by atoms with Crippen LogP contribution in [0.1, 0.15) is 29.8 Å². The monoisotopic (exact) mass is 407 g/mol. The lowest BCUT2D eigenvalue weighted by molar-refractivity contribution is -0.125. The van der Waals surface area contributed by atoms with Crippen LogP contribution >= 0.6 is 35.4 Å². The molecule has 0 bridgehead atoms. The predicted molar refractivity (Wildman–Crippen MR) is 108 cm³/mol. The number of fused-ring (bicyclic) bond motifs is 1. The molecule has 1 aliphatic heterocycles. The van der Waals surface area contributed by atoms with E-state index in [1.165, 1.54) is 0 Å². The first kappa shape index (κ1) is 18.6. The fourth-order valence-electron chi connectivity index (χ4n) is 2.70. The summed E-state index contributed by atoms with van der Waals surface area (Å²) < 4.78 is 0. The summed E-state index contributed by atoms with van der Waals surface area (Å²) in [4.78, 5) is 24.2. The van der Waals surface area contributed by atoms with Crippen LogP contribution in [0.15, 0.2) is 36.4 Å². The molecule has 0 spiro atoms. The number of hydrogen-bond acceptors (Lipinski definition) is 3. The van der Waals surface area contributed by atoms with E-state index in [2.05, 4.69) is 16.0 Å². The minimum absolute atomic E-state index is 0.270. The SMILES string of the molecule is CC1(C)C(=O)NC(=O)c2cc(NC(=S)Nc3c(Cl)cccc3Cl)ccc21. The molecule has 0 unspecified atom stereocenters. The van der Waals surface area contributed by atoms with Gasteiger partial charge in [-0.25, -0.2) is 0 Å². The number of halogens is 2. The van der Waals surface area contributed by atoms with Gasteiger partial charge in [-0.1, -0.05) is 35.3 Å². The Bertz CT molecular complexity index is 924. The van der Waals surface area contributed by atoms with Crippen molar-refractivity contribution in [3.8, 4) is 0 Å². The second kappa shape index (κ2) is 6.87. The largest absolute Gasteiger partial charge is 0.332 e. The maximum Gasteiger partial charge on any atom is 0.258 e. The number of amides is 2. The summed E-state index contributed by atoms with van der Waals surface area (Å²) in [5, 5.41) is 9.45. The summed E-state index contributed by atoms with van der Waals surface area (Å²) in [6.07, 6.45) is 0. The Labute approximate surface area is 166 Å². The molecule has 0 atom stereocenters. The van der Waals surface area contributed by atoms with Crippen LogP contribution in [0.4, 0.5) is 11.4 Å². The number of carbonyl (C=O) groups excluding carboxylic acids is 2. The number of imide groups is 1. The van der Waals surface area contributed by atoms with Crippen LogP contribution in [0.3, 0.4) is 0 Å². The van der Waals surface area contributed by atoms with Crippen molar-refractivity contribution in [2.24, 2.45) is 0 Å². The van der Waals surface area contributed by atoms with Gasteiger partial charge in [-0.3, -0.25) is 14.9 Å². The number of benzene rings is 2. The quantitative estimate of drug-likeness (QED) is 0.509. The van der Waals surface area contributed by atoms with Crippen LogP contribution in [0, 0.1) is 0 Å². The molecule has 0 aliphatic carbocycles. The smallest absolute Gasteiger partial charge is 0.258 e. The zero-order valence-electron chi connectivity index (χ0n) is 13.9. The summed E-state index contributed by atoms with van der Waals surface area (Å²) in [5.74, 6) is -0.748. The molecule has 5 nitrogen and oxygen atoms in total. The normalized spacial score (nSPS) is 15.1. The Morgan fingerprint density at radius 2 is 1.73 bits per heavy atom. The Kier molecular flexibility index (Phi) is 4.92. The fraction of sp³-hybridized carbons (Fsp3) is 0.167. The molecular formula is C18H15Cl2N3O2S. The van der Waals surface area contributed by atoms with Crippen molar-refractivity contribution in [1.29, 1.82) is 0 Å².